The summed E-state index contributed by atoms with van der Waals surface area (Å²) in [6.45, 7) is 8.43. The summed E-state index contributed by atoms with van der Waals surface area (Å²) in [5, 5.41) is 7.44. The molecule has 1 saturated heterocycles. The molecule has 1 aliphatic rings. The lowest BCUT2D eigenvalue weighted by Gasteiger charge is -2.32. The van der Waals surface area contributed by atoms with Crippen LogP contribution in [-0.4, -0.2) is 18.3 Å². The van der Waals surface area contributed by atoms with Crippen molar-refractivity contribution in [3.63, 3.8) is 0 Å². The van der Waals surface area contributed by atoms with E-state index in [4.69, 9.17) is 9.31 Å². The number of fused-ring (bicyclic) bond motifs is 5. The molecule has 0 aromatic heterocycles. The van der Waals surface area contributed by atoms with E-state index in [0.29, 0.717) is 0 Å². The van der Waals surface area contributed by atoms with E-state index in [1.54, 1.807) is 0 Å². The number of hydrogen-bond donors (Lipinski definition) is 0. The van der Waals surface area contributed by atoms with Crippen LogP contribution in [0.5, 0.6) is 0 Å². The van der Waals surface area contributed by atoms with Crippen LogP contribution in [0.4, 0.5) is 0 Å². The van der Waals surface area contributed by atoms with E-state index in [2.05, 4.69) is 143 Å². The van der Waals surface area contributed by atoms with E-state index in [1.165, 1.54) is 54.6 Å². The lowest BCUT2D eigenvalue weighted by molar-refractivity contribution is 0.00578. The van der Waals surface area contributed by atoms with Crippen LogP contribution in [-0.2, 0) is 9.31 Å². The molecule has 0 atom stereocenters. The van der Waals surface area contributed by atoms with E-state index < -0.39 is 18.3 Å². The quantitative estimate of drug-likeness (QED) is 0.176. The maximum Gasteiger partial charge on any atom is 0.494 e. The summed E-state index contributed by atoms with van der Waals surface area (Å²) in [6.07, 6.45) is 0. The maximum atomic E-state index is 6.47. The minimum Gasteiger partial charge on any atom is -0.399 e. The largest absolute Gasteiger partial charge is 0.494 e. The Kier molecular flexibility index (Phi) is 5.45. The van der Waals surface area contributed by atoms with Gasteiger partial charge < -0.3 is 9.31 Å². The Hall–Kier alpha value is -3.92. The summed E-state index contributed by atoms with van der Waals surface area (Å²) >= 11 is 0. The van der Waals surface area contributed by atoms with E-state index in [-0.39, 0.29) is 0 Å². The van der Waals surface area contributed by atoms with Crippen LogP contribution in [0.25, 0.3) is 54.6 Å². The van der Waals surface area contributed by atoms with Crippen LogP contribution in [0.1, 0.15) is 27.7 Å². The highest BCUT2D eigenvalue weighted by molar-refractivity contribution is 6.62. The van der Waals surface area contributed by atoms with Gasteiger partial charge in [-0.2, -0.15) is 0 Å². The third-order valence-corrected chi connectivity index (χ3v) is 8.69. The predicted octanol–water partition coefficient (Wildman–Crippen LogP) is 8.78. The summed E-state index contributed by atoms with van der Waals surface area (Å²) in [4.78, 5) is 0. The zero-order chi connectivity index (χ0) is 26.8. The maximum absolute atomic E-state index is 6.47. The summed E-state index contributed by atoms with van der Waals surface area (Å²) < 4.78 is 12.9. The van der Waals surface area contributed by atoms with Crippen molar-refractivity contribution in [2.75, 3.05) is 0 Å². The van der Waals surface area contributed by atoms with E-state index >= 15 is 0 Å². The van der Waals surface area contributed by atoms with Gasteiger partial charge in [0.1, 0.15) is 0 Å². The molecule has 2 nitrogen and oxygen atoms in total. The molecule has 0 N–H and O–H groups in total. The second kappa shape index (κ2) is 8.81. The molecule has 0 radical (unpaired) electrons. The zero-order valence-corrected chi connectivity index (χ0v) is 22.9. The summed E-state index contributed by atoms with van der Waals surface area (Å²) in [5.74, 6) is 0. The van der Waals surface area contributed by atoms with Gasteiger partial charge in [-0.25, -0.2) is 0 Å². The summed E-state index contributed by atoms with van der Waals surface area (Å²) in [5.41, 5.74) is 5.17. The minimum atomic E-state index is -0.413. The first-order valence-corrected chi connectivity index (χ1v) is 13.7. The Balaban J connectivity index is 1.57. The first kappa shape index (κ1) is 24.1. The minimum absolute atomic E-state index is 0.392. The van der Waals surface area contributed by atoms with Gasteiger partial charge in [-0.15, -0.1) is 0 Å². The van der Waals surface area contributed by atoms with Crippen LogP contribution >= 0.6 is 0 Å². The molecule has 1 heterocycles. The van der Waals surface area contributed by atoms with Crippen LogP contribution in [0.3, 0.4) is 0 Å². The molecule has 190 valence electrons. The first-order chi connectivity index (χ1) is 18.8. The fourth-order valence-electron chi connectivity index (χ4n) is 5.86. The van der Waals surface area contributed by atoms with Crippen LogP contribution < -0.4 is 5.46 Å². The van der Waals surface area contributed by atoms with Gasteiger partial charge in [0.25, 0.3) is 0 Å². The van der Waals surface area contributed by atoms with Crippen molar-refractivity contribution in [2.45, 2.75) is 38.9 Å². The lowest BCUT2D eigenvalue weighted by Crippen LogP contribution is -2.41. The highest BCUT2D eigenvalue weighted by Gasteiger charge is 2.51. The topological polar surface area (TPSA) is 18.5 Å². The summed E-state index contributed by atoms with van der Waals surface area (Å²) in [7, 11) is -0.413. The van der Waals surface area contributed by atoms with Gasteiger partial charge in [-0.3, -0.25) is 0 Å². The van der Waals surface area contributed by atoms with Crippen molar-refractivity contribution >= 4 is 44.9 Å². The monoisotopic (exact) mass is 506 g/mol. The molecule has 3 heteroatoms. The smallest absolute Gasteiger partial charge is 0.399 e. The molecule has 6 aromatic rings. The van der Waals surface area contributed by atoms with Gasteiger partial charge in [0.05, 0.1) is 11.2 Å². The molecule has 0 amide bonds. The molecular weight excluding hydrogens is 475 g/mol. The standard InChI is InChI=1S/C36H31BO2/c1-35(2)36(3,4)39-37(38-35)26-19-20-29-31(25-15-9-6-10-16-25)22-33-28-18-12-11-17-27(28)30(23-34(33)32(29)21-26)24-13-7-5-8-14-24/h5-23H,1-4H3. The Morgan fingerprint density at radius 1 is 0.436 bits per heavy atom. The SMILES string of the molecule is CC1(C)OB(c2ccc3c(-c4ccccc4)cc4c5ccccc5c(-c5ccccc5)cc4c3c2)OC1(C)C. The molecule has 0 unspecified atom stereocenters. The Morgan fingerprint density at radius 2 is 0.872 bits per heavy atom. The normalized spacial score (nSPS) is 16.4. The number of benzene rings is 6. The molecular formula is C36H31BO2. The highest BCUT2D eigenvalue weighted by atomic mass is 16.7. The van der Waals surface area contributed by atoms with E-state index in [1.807, 2.05) is 0 Å². The Labute approximate surface area is 230 Å². The Bertz CT molecular complexity index is 1840. The average molecular weight is 506 g/mol. The predicted molar refractivity (Wildman–Crippen MR) is 166 cm³/mol. The van der Waals surface area contributed by atoms with Gasteiger partial charge in [0, 0.05) is 0 Å². The molecule has 0 saturated carbocycles. The molecule has 1 aliphatic heterocycles. The van der Waals surface area contributed by atoms with Gasteiger partial charge >= 0.3 is 7.12 Å². The second-order valence-electron chi connectivity index (χ2n) is 11.6. The number of hydrogen-bond acceptors (Lipinski definition) is 2. The molecule has 7 rings (SSSR count). The molecule has 39 heavy (non-hydrogen) atoms. The fraction of sp³-hybridized carbons (Fsp3) is 0.167. The van der Waals surface area contributed by atoms with Crippen molar-refractivity contribution < 1.29 is 9.31 Å². The lowest BCUT2D eigenvalue weighted by atomic mass is 9.77. The zero-order valence-electron chi connectivity index (χ0n) is 22.9. The molecule has 0 spiro atoms. The molecule has 0 aliphatic carbocycles. The van der Waals surface area contributed by atoms with Crippen LogP contribution in [0.15, 0.2) is 115 Å². The van der Waals surface area contributed by atoms with Crippen molar-refractivity contribution in [1.82, 2.24) is 0 Å². The van der Waals surface area contributed by atoms with E-state index in [9.17, 15) is 0 Å². The molecule has 6 aromatic carbocycles. The first-order valence-electron chi connectivity index (χ1n) is 13.7. The second-order valence-corrected chi connectivity index (χ2v) is 11.6. The average Bonchev–Trinajstić information content (AvgIpc) is 3.19. The third-order valence-electron chi connectivity index (χ3n) is 8.69. The van der Waals surface area contributed by atoms with Gasteiger partial charge in [-0.05, 0) is 99.9 Å². The van der Waals surface area contributed by atoms with Crippen LogP contribution in [0.2, 0.25) is 0 Å². The molecule has 0 bridgehead atoms. The Morgan fingerprint density at radius 3 is 1.44 bits per heavy atom. The van der Waals surface area contributed by atoms with E-state index in [0.717, 1.165) is 5.46 Å². The van der Waals surface area contributed by atoms with Gasteiger partial charge in [0.2, 0.25) is 0 Å². The van der Waals surface area contributed by atoms with Crippen molar-refractivity contribution in [3.05, 3.63) is 115 Å². The van der Waals surface area contributed by atoms with Gasteiger partial charge in [-0.1, -0.05) is 103 Å². The summed E-state index contributed by atoms with van der Waals surface area (Å²) in [6, 6.07) is 41.6. The molecule has 1 fully saturated rings. The van der Waals surface area contributed by atoms with Gasteiger partial charge in [0.15, 0.2) is 0 Å². The van der Waals surface area contributed by atoms with Crippen molar-refractivity contribution in [1.29, 1.82) is 0 Å². The number of rotatable bonds is 3. The van der Waals surface area contributed by atoms with Crippen molar-refractivity contribution in [3.8, 4) is 22.3 Å². The highest BCUT2D eigenvalue weighted by Crippen LogP contribution is 2.42. The third kappa shape index (κ3) is 3.88. The fourth-order valence-corrected chi connectivity index (χ4v) is 5.86. The van der Waals surface area contributed by atoms with Crippen molar-refractivity contribution in [2.24, 2.45) is 0 Å². The van der Waals surface area contributed by atoms with Crippen LogP contribution in [0, 0.1) is 0 Å².